The molecule has 10 heteroatoms. The zero-order chi connectivity index (χ0) is 34.4. The molecule has 0 radical (unpaired) electrons. The molecular weight excluding hydrogens is 592 g/mol. The van der Waals surface area contributed by atoms with Gasteiger partial charge in [0.25, 0.3) is 5.95 Å². The lowest BCUT2D eigenvalue weighted by molar-refractivity contribution is -0.253. The maximum Gasteiger partial charge on any atom is 0.307 e. The van der Waals surface area contributed by atoms with Crippen LogP contribution in [0.2, 0.25) is 0 Å². The quantitative estimate of drug-likeness (QED) is 0.261. The summed E-state index contributed by atoms with van der Waals surface area (Å²) in [6, 6.07) is -0.183. The van der Waals surface area contributed by atoms with Crippen LogP contribution in [-0.4, -0.2) is 62.7 Å². The van der Waals surface area contributed by atoms with Gasteiger partial charge in [-0.05, 0) is 96.5 Å². The number of tetrazole rings is 1. The summed E-state index contributed by atoms with van der Waals surface area (Å²) in [6.45, 7) is 22.1. The second kappa shape index (κ2) is 11.5. The van der Waals surface area contributed by atoms with Gasteiger partial charge in [-0.2, -0.15) is 4.80 Å². The van der Waals surface area contributed by atoms with E-state index in [-0.39, 0.29) is 51.1 Å². The Bertz CT molecular complexity index is 1390. The van der Waals surface area contributed by atoms with E-state index in [2.05, 4.69) is 83.8 Å². The third-order valence-corrected chi connectivity index (χ3v) is 15.8. The number of anilines is 1. The number of rotatable bonds is 9. The van der Waals surface area contributed by atoms with E-state index in [0.29, 0.717) is 37.6 Å². The van der Waals surface area contributed by atoms with Crippen LogP contribution in [0.3, 0.4) is 0 Å². The molecular formula is C37H62N6O4. The third kappa shape index (κ3) is 4.80. The summed E-state index contributed by atoms with van der Waals surface area (Å²) in [5.74, 6) is 0.475. The SMILES string of the molecule is CCC(N)(CC)CO[C@H]1[C@H](n2nnc(N)n2)C[C@@]23COC[C@]1(C)[C@@H]2CC[C@H]1C3=CC[C@@]2(C)[C@H](C(=O)O)[C@@](C)([C@H](C)C(C)C)CC[C@]12C. The van der Waals surface area contributed by atoms with E-state index in [1.807, 2.05) is 0 Å². The number of nitrogen functional groups attached to an aromatic ring is 1. The van der Waals surface area contributed by atoms with Gasteiger partial charge >= 0.3 is 5.97 Å². The van der Waals surface area contributed by atoms with Gasteiger partial charge in [0, 0.05) is 16.4 Å². The Balaban J connectivity index is 1.44. The molecule has 0 unspecified atom stereocenters. The van der Waals surface area contributed by atoms with Crippen molar-refractivity contribution in [3.05, 3.63) is 11.6 Å². The highest BCUT2D eigenvalue weighted by Gasteiger charge is 2.72. The van der Waals surface area contributed by atoms with Gasteiger partial charge in [0.05, 0.1) is 31.8 Å². The fourth-order valence-corrected chi connectivity index (χ4v) is 12.2. The predicted molar refractivity (Wildman–Crippen MR) is 182 cm³/mol. The molecule has 1 aromatic rings. The molecule has 4 aliphatic carbocycles. The van der Waals surface area contributed by atoms with Crippen LogP contribution in [0.5, 0.6) is 0 Å². The summed E-state index contributed by atoms with van der Waals surface area (Å²) >= 11 is 0. The summed E-state index contributed by atoms with van der Waals surface area (Å²) in [6.07, 6.45) is 9.52. The summed E-state index contributed by atoms with van der Waals surface area (Å²) in [5, 5.41) is 24.1. The minimum absolute atomic E-state index is 0.149. The number of ether oxygens (including phenoxy) is 2. The Morgan fingerprint density at radius 2 is 1.83 bits per heavy atom. The highest BCUT2D eigenvalue weighted by atomic mass is 16.5. The van der Waals surface area contributed by atoms with Gasteiger partial charge in [-0.3, -0.25) is 4.79 Å². The van der Waals surface area contributed by atoms with Gasteiger partial charge in [-0.15, -0.1) is 5.10 Å². The maximum absolute atomic E-state index is 13.4. The third-order valence-electron chi connectivity index (χ3n) is 15.8. The van der Waals surface area contributed by atoms with E-state index < -0.39 is 17.4 Å². The first kappa shape index (κ1) is 34.8. The lowest BCUT2D eigenvalue weighted by atomic mass is 9.34. The number of hydrogen-bond donors (Lipinski definition) is 3. The molecule has 5 aliphatic rings. The molecule has 11 atom stereocenters. The molecule has 4 fully saturated rings. The van der Waals surface area contributed by atoms with Crippen molar-refractivity contribution >= 4 is 11.9 Å². The van der Waals surface area contributed by atoms with E-state index in [0.717, 1.165) is 51.4 Å². The predicted octanol–water partition coefficient (Wildman–Crippen LogP) is 6.29. The average Bonchev–Trinajstić information content (AvgIpc) is 3.45. The number of nitrogens with two attached hydrogens (primary N) is 2. The molecule has 264 valence electrons. The Morgan fingerprint density at radius 1 is 1.13 bits per heavy atom. The maximum atomic E-state index is 13.4. The number of allylic oxidation sites excluding steroid dienone is 1. The van der Waals surface area contributed by atoms with Gasteiger partial charge in [-0.25, -0.2) is 0 Å². The molecule has 5 N–H and O–H groups in total. The standard InChI is InChI=1S/C37H62N6O4/c1-10-36(39,11-2)20-47-29-26(43-41-31(38)40-42-43)18-37-21-46-19-33(29,7)27(37)13-12-24-25(37)14-15-35(9)28(30(44)45)32(6,23(5)22(3)4)16-17-34(24,35)8/h14,22-24,26-29H,10-13,15-21,39H2,1-9H3,(H2,38,41)(H,44,45)/t23-,24+,26-,27+,28-,29+,32-,33-,34-,35+,37+/m1/s1. The molecule has 6 rings (SSSR count). The van der Waals surface area contributed by atoms with E-state index in [9.17, 15) is 9.90 Å². The molecule has 1 aromatic heterocycles. The summed E-state index contributed by atoms with van der Waals surface area (Å²) in [5.41, 5.74) is 12.6. The zero-order valence-electron chi connectivity index (χ0n) is 30.5. The zero-order valence-corrected chi connectivity index (χ0v) is 30.5. The van der Waals surface area contributed by atoms with Crippen LogP contribution in [0.1, 0.15) is 120 Å². The minimum atomic E-state index is -0.631. The van der Waals surface area contributed by atoms with E-state index in [1.165, 1.54) is 5.57 Å². The van der Waals surface area contributed by atoms with Crippen molar-refractivity contribution in [1.29, 1.82) is 0 Å². The lowest BCUT2D eigenvalue weighted by Crippen LogP contribution is -2.69. The molecule has 1 aliphatic heterocycles. The number of nitrogens with zero attached hydrogens (tertiary/aromatic N) is 4. The Morgan fingerprint density at radius 3 is 2.43 bits per heavy atom. The first-order valence-corrected chi connectivity index (χ1v) is 18.4. The first-order valence-electron chi connectivity index (χ1n) is 18.4. The average molecular weight is 655 g/mol. The van der Waals surface area contributed by atoms with Crippen LogP contribution >= 0.6 is 0 Å². The largest absolute Gasteiger partial charge is 0.481 e. The molecule has 0 spiro atoms. The van der Waals surface area contributed by atoms with Crippen molar-refractivity contribution in [1.82, 2.24) is 20.2 Å². The lowest BCUT2D eigenvalue weighted by Gasteiger charge is -2.71. The highest BCUT2D eigenvalue weighted by molar-refractivity contribution is 5.73. The summed E-state index contributed by atoms with van der Waals surface area (Å²) in [4.78, 5) is 15.1. The van der Waals surface area contributed by atoms with Crippen molar-refractivity contribution in [2.75, 3.05) is 25.6 Å². The molecule has 0 amide bonds. The van der Waals surface area contributed by atoms with Gasteiger partial charge in [-0.1, -0.05) is 79.1 Å². The van der Waals surface area contributed by atoms with Gasteiger partial charge in [0.15, 0.2) is 0 Å². The van der Waals surface area contributed by atoms with Crippen LogP contribution in [0.15, 0.2) is 11.6 Å². The number of aromatic nitrogens is 4. The normalized spacial score (nSPS) is 43.8. The number of carboxylic acids is 1. The number of carbonyl (C=O) groups is 1. The number of hydrogen-bond acceptors (Lipinski definition) is 8. The molecule has 10 nitrogen and oxygen atoms in total. The Hall–Kier alpha value is -2.04. The van der Waals surface area contributed by atoms with Gasteiger partial charge in [0.1, 0.15) is 6.04 Å². The minimum Gasteiger partial charge on any atom is -0.481 e. The fourth-order valence-electron chi connectivity index (χ4n) is 12.2. The summed E-state index contributed by atoms with van der Waals surface area (Å²) < 4.78 is 13.6. The monoisotopic (exact) mass is 654 g/mol. The van der Waals surface area contributed by atoms with Crippen molar-refractivity contribution in [3.8, 4) is 0 Å². The Labute approximate surface area is 282 Å². The van der Waals surface area contributed by atoms with Crippen molar-refractivity contribution in [2.45, 2.75) is 131 Å². The van der Waals surface area contributed by atoms with Crippen molar-refractivity contribution in [2.24, 2.45) is 62.4 Å². The van der Waals surface area contributed by atoms with E-state index in [1.54, 1.807) is 4.80 Å². The molecule has 1 saturated heterocycles. The molecule has 2 heterocycles. The number of fused-ring (bicyclic) bond motifs is 3. The van der Waals surface area contributed by atoms with Crippen LogP contribution in [0, 0.1) is 56.7 Å². The molecule has 47 heavy (non-hydrogen) atoms. The smallest absolute Gasteiger partial charge is 0.307 e. The molecule has 3 saturated carbocycles. The second-order valence-electron chi connectivity index (χ2n) is 17.9. The van der Waals surface area contributed by atoms with E-state index in [4.69, 9.17) is 20.9 Å². The van der Waals surface area contributed by atoms with Gasteiger partial charge in [0.2, 0.25) is 0 Å². The van der Waals surface area contributed by atoms with Crippen LogP contribution in [0.4, 0.5) is 5.95 Å². The first-order chi connectivity index (χ1) is 22.0. The van der Waals surface area contributed by atoms with Crippen LogP contribution in [0.25, 0.3) is 0 Å². The van der Waals surface area contributed by atoms with Crippen molar-refractivity contribution < 1.29 is 19.4 Å². The topological polar surface area (TPSA) is 151 Å². The second-order valence-corrected chi connectivity index (χ2v) is 17.9. The Kier molecular flexibility index (Phi) is 8.52. The number of carboxylic acid groups (broad SMARTS) is 1. The van der Waals surface area contributed by atoms with Gasteiger partial charge < -0.3 is 26.0 Å². The van der Waals surface area contributed by atoms with Crippen molar-refractivity contribution in [3.63, 3.8) is 0 Å². The summed E-state index contributed by atoms with van der Waals surface area (Å²) in [7, 11) is 0. The molecule has 0 aromatic carbocycles. The highest BCUT2D eigenvalue weighted by Crippen LogP contribution is 2.75. The van der Waals surface area contributed by atoms with Crippen LogP contribution < -0.4 is 11.5 Å². The van der Waals surface area contributed by atoms with E-state index >= 15 is 0 Å². The number of aliphatic carboxylic acids is 1. The molecule has 2 bridgehead atoms. The van der Waals surface area contributed by atoms with Crippen LogP contribution in [-0.2, 0) is 14.3 Å². The fraction of sp³-hybridized carbons (Fsp3) is 0.892.